The molecule has 0 fully saturated rings. The van der Waals surface area contributed by atoms with Crippen LogP contribution in [0, 0.1) is 20.7 Å². The van der Waals surface area contributed by atoms with Crippen molar-refractivity contribution in [1.29, 1.82) is 0 Å². The van der Waals surface area contributed by atoms with Crippen LogP contribution in [0.4, 0.5) is 0 Å². The summed E-state index contributed by atoms with van der Waals surface area (Å²) in [5.74, 6) is 0.621. The number of hydrogen-bond acceptors (Lipinski definition) is 3. The number of phenols is 1. The van der Waals surface area contributed by atoms with Crippen molar-refractivity contribution in [2.24, 2.45) is 0 Å². The average Bonchev–Trinajstić information content (AvgIpc) is 3.69. The van der Waals surface area contributed by atoms with Crippen molar-refractivity contribution >= 4 is 11.0 Å². The van der Waals surface area contributed by atoms with Crippen molar-refractivity contribution in [3.63, 3.8) is 0 Å². The molecular weight excluding hydrogens is 767 g/mol. The molecule has 0 radical (unpaired) electrons. The number of benzene rings is 7. The molecule has 0 unspecified atom stereocenters. The molecule has 0 saturated carbocycles. The zero-order valence-electron chi connectivity index (χ0n) is 40.4. The van der Waals surface area contributed by atoms with Gasteiger partial charge in [-0.3, -0.25) is 9.55 Å². The number of hydrogen-bond donors (Lipinski definition) is 1. The first-order valence-electron chi connectivity index (χ1n) is 23.2. The van der Waals surface area contributed by atoms with Crippen LogP contribution in [0.5, 0.6) is 5.75 Å². The van der Waals surface area contributed by atoms with Crippen LogP contribution in [0.3, 0.4) is 0 Å². The van der Waals surface area contributed by atoms with Crippen molar-refractivity contribution in [3.8, 4) is 78.6 Å². The average molecular weight is 825 g/mol. The van der Waals surface area contributed by atoms with E-state index >= 15 is 0 Å². The number of imidazole rings is 1. The summed E-state index contributed by atoms with van der Waals surface area (Å²) >= 11 is 0. The van der Waals surface area contributed by atoms with E-state index in [0.29, 0.717) is 28.2 Å². The van der Waals surface area contributed by atoms with Gasteiger partial charge in [-0.1, -0.05) is 151 Å². The van der Waals surface area contributed by atoms with Crippen molar-refractivity contribution in [2.75, 3.05) is 0 Å². The molecule has 4 nitrogen and oxygen atoms in total. The van der Waals surface area contributed by atoms with Crippen LogP contribution in [-0.4, -0.2) is 19.6 Å². The predicted octanol–water partition coefficient (Wildman–Crippen LogP) is 15.6. The highest BCUT2D eigenvalue weighted by atomic mass is 16.3. The highest BCUT2D eigenvalue weighted by molar-refractivity contribution is 5.98. The molecule has 0 bridgehead atoms. The van der Waals surface area contributed by atoms with Gasteiger partial charge in [0.05, 0.1) is 28.0 Å². The minimum absolute atomic E-state index is 0.0722. The maximum atomic E-state index is 12.0. The first-order valence-corrected chi connectivity index (χ1v) is 21.7. The summed E-state index contributed by atoms with van der Waals surface area (Å²) in [4.78, 5) is 10.4. The van der Waals surface area contributed by atoms with E-state index in [1.807, 2.05) is 111 Å². The van der Waals surface area contributed by atoms with Gasteiger partial charge in [-0.05, 0) is 141 Å². The second kappa shape index (κ2) is 16.0. The highest BCUT2D eigenvalue weighted by Gasteiger charge is 2.25. The number of nitrogens with zero attached hydrogens (tertiary/aromatic N) is 3. The molecule has 0 aliphatic rings. The molecule has 2 aromatic heterocycles. The zero-order chi connectivity index (χ0) is 46.7. The van der Waals surface area contributed by atoms with E-state index in [-0.39, 0.29) is 22.1 Å². The van der Waals surface area contributed by atoms with E-state index in [0.717, 1.165) is 72.4 Å². The fourth-order valence-electron chi connectivity index (χ4n) is 8.66. The van der Waals surface area contributed by atoms with Crippen LogP contribution in [-0.2, 0) is 10.8 Å². The van der Waals surface area contributed by atoms with Crippen LogP contribution in [0.1, 0.15) is 73.5 Å². The van der Waals surface area contributed by atoms with Gasteiger partial charge in [-0.15, -0.1) is 0 Å². The minimum Gasteiger partial charge on any atom is -0.507 e. The van der Waals surface area contributed by atoms with Crippen LogP contribution in [0.25, 0.3) is 83.9 Å². The van der Waals surface area contributed by atoms with Gasteiger partial charge in [0, 0.05) is 27.0 Å². The number of pyridine rings is 1. The van der Waals surface area contributed by atoms with E-state index in [1.54, 1.807) is 0 Å². The lowest BCUT2D eigenvalue weighted by Gasteiger charge is -2.22. The number of rotatable bonds is 7. The third-order valence-corrected chi connectivity index (χ3v) is 12.2. The molecule has 0 amide bonds. The Morgan fingerprint density at radius 1 is 0.508 bits per heavy atom. The Morgan fingerprint density at radius 2 is 1.17 bits per heavy atom. The molecule has 1 N–H and O–H groups in total. The van der Waals surface area contributed by atoms with Gasteiger partial charge >= 0.3 is 0 Å². The number of phenolic OH excluding ortho intramolecular Hbond substituents is 1. The summed E-state index contributed by atoms with van der Waals surface area (Å²) in [5.41, 5.74) is 15.8. The van der Waals surface area contributed by atoms with Crippen LogP contribution in [0.2, 0.25) is 0 Å². The van der Waals surface area contributed by atoms with Crippen molar-refractivity contribution in [1.82, 2.24) is 14.5 Å². The van der Waals surface area contributed by atoms with Crippen LogP contribution >= 0.6 is 0 Å². The molecule has 63 heavy (non-hydrogen) atoms. The third-order valence-electron chi connectivity index (χ3n) is 12.2. The van der Waals surface area contributed by atoms with Gasteiger partial charge in [-0.25, -0.2) is 4.98 Å². The maximum Gasteiger partial charge on any atom is 0.149 e. The van der Waals surface area contributed by atoms with Crippen molar-refractivity contribution < 1.29 is 9.22 Å². The molecule has 0 spiro atoms. The number of para-hydroxylation sites is 1. The summed E-state index contributed by atoms with van der Waals surface area (Å²) in [6, 6.07) is 53.5. The molecule has 0 atom stereocenters. The SMILES string of the molecule is [2H]C([2H])([2H])c1cc(-n2c(-c3cc(C)cc(C)c3O)nc3c(-c4cc(-c5cc(-c6ccccc6)ccn5)cc(C(C)(C)C)c4)cccc32)c(-c2ccc(C(C)(C)C)cc2)cc1-c1ccccc1. The maximum absolute atomic E-state index is 12.0. The minimum atomic E-state index is -2.46. The lowest BCUT2D eigenvalue weighted by Crippen LogP contribution is -2.11. The number of aromatic nitrogens is 3. The monoisotopic (exact) mass is 824 g/mol. The van der Waals surface area contributed by atoms with Gasteiger partial charge in [0.15, 0.2) is 0 Å². The molecule has 2 heterocycles. The number of fused-ring (bicyclic) bond motifs is 1. The van der Waals surface area contributed by atoms with E-state index in [4.69, 9.17) is 14.1 Å². The van der Waals surface area contributed by atoms with Crippen LogP contribution in [0.15, 0.2) is 164 Å². The van der Waals surface area contributed by atoms with E-state index in [1.165, 1.54) is 5.56 Å². The van der Waals surface area contributed by atoms with Gasteiger partial charge in [0.2, 0.25) is 0 Å². The van der Waals surface area contributed by atoms with Crippen molar-refractivity contribution in [2.45, 2.75) is 73.1 Å². The Balaban J connectivity index is 1.37. The highest BCUT2D eigenvalue weighted by Crippen LogP contribution is 2.44. The topological polar surface area (TPSA) is 50.9 Å². The molecule has 4 heteroatoms. The quantitative estimate of drug-likeness (QED) is 0.174. The van der Waals surface area contributed by atoms with Gasteiger partial charge in [-0.2, -0.15) is 0 Å². The fourth-order valence-corrected chi connectivity index (χ4v) is 8.66. The van der Waals surface area contributed by atoms with Gasteiger partial charge in [0.1, 0.15) is 11.6 Å². The summed E-state index contributed by atoms with van der Waals surface area (Å²) in [6.07, 6.45) is 1.87. The first-order chi connectivity index (χ1) is 31.3. The first kappa shape index (κ1) is 37.7. The number of aryl methyl sites for hydroxylation is 3. The Hall–Kier alpha value is -7.04. The molecular formula is C59H55N3O. The summed E-state index contributed by atoms with van der Waals surface area (Å²) in [7, 11) is 0. The second-order valence-corrected chi connectivity index (χ2v) is 18.9. The predicted molar refractivity (Wildman–Crippen MR) is 265 cm³/mol. The Kier molecular flexibility index (Phi) is 9.58. The molecule has 7 aromatic carbocycles. The van der Waals surface area contributed by atoms with E-state index in [2.05, 4.69) is 113 Å². The van der Waals surface area contributed by atoms with Gasteiger partial charge < -0.3 is 5.11 Å². The number of aromatic hydroxyl groups is 1. The Morgan fingerprint density at radius 3 is 1.86 bits per heavy atom. The second-order valence-electron chi connectivity index (χ2n) is 18.9. The summed E-state index contributed by atoms with van der Waals surface area (Å²) in [6.45, 7) is 14.7. The molecule has 0 aliphatic carbocycles. The molecule has 0 saturated heterocycles. The molecule has 9 rings (SSSR count). The molecule has 0 aliphatic heterocycles. The van der Waals surface area contributed by atoms with Crippen LogP contribution < -0.4 is 0 Å². The third kappa shape index (κ3) is 7.98. The molecule has 312 valence electrons. The lowest BCUT2D eigenvalue weighted by molar-refractivity contribution is 0.472. The summed E-state index contributed by atoms with van der Waals surface area (Å²) in [5, 5.41) is 12.0. The van der Waals surface area contributed by atoms with E-state index in [9.17, 15) is 5.11 Å². The zero-order valence-corrected chi connectivity index (χ0v) is 37.4. The lowest BCUT2D eigenvalue weighted by atomic mass is 9.83. The summed E-state index contributed by atoms with van der Waals surface area (Å²) < 4.78 is 28.9. The largest absolute Gasteiger partial charge is 0.507 e. The van der Waals surface area contributed by atoms with Gasteiger partial charge in [0.25, 0.3) is 0 Å². The van der Waals surface area contributed by atoms with Crippen molar-refractivity contribution in [3.05, 3.63) is 192 Å². The Bertz CT molecular complexity index is 3260. The fraction of sp³-hybridized carbons (Fsp3) is 0.186. The Labute approximate surface area is 376 Å². The standard InChI is InChI=1S/C59H55N3O/c1-37-29-39(3)56(63)51(30-37)57-61-55-48(44-32-45(34-47(33-44)59(7,8)9)52-35-43(27-28-60-52)40-17-12-10-13-18-40)21-16-22-53(55)62(57)54-31-38(2)49(41-19-14-11-15-20-41)36-50(54)42-23-25-46(26-24-42)58(4,5)6/h10-36,63H,1-9H3/i2D3. The molecule has 9 aromatic rings. The smallest absolute Gasteiger partial charge is 0.149 e. The van der Waals surface area contributed by atoms with E-state index < -0.39 is 6.85 Å². The normalized spacial score (nSPS) is 12.9.